The van der Waals surface area contributed by atoms with Crippen LogP contribution in [0, 0.1) is 11.8 Å². The lowest BCUT2D eigenvalue weighted by Crippen LogP contribution is -2.44. The summed E-state index contributed by atoms with van der Waals surface area (Å²) in [5.74, 6) is 4.07. The second-order valence-electron chi connectivity index (χ2n) is 6.37. The average molecular weight is 282 g/mol. The number of nitrogens with one attached hydrogen (secondary N) is 1. The lowest BCUT2D eigenvalue weighted by molar-refractivity contribution is -0.127. The molecule has 1 N–H and O–H groups in total. The van der Waals surface area contributed by atoms with Crippen LogP contribution in [0.2, 0.25) is 0 Å². The first-order valence-corrected chi connectivity index (χ1v) is 9.08. The number of carbonyl (C=O) groups is 1. The lowest BCUT2D eigenvalue weighted by atomic mass is 9.84. The topological polar surface area (TPSA) is 32.3 Å². The van der Waals surface area contributed by atoms with Crippen molar-refractivity contribution >= 4 is 17.7 Å². The highest BCUT2D eigenvalue weighted by Crippen LogP contribution is 2.28. The van der Waals surface area contributed by atoms with Crippen LogP contribution in [0.15, 0.2) is 0 Å². The van der Waals surface area contributed by atoms with Crippen LogP contribution in [0.25, 0.3) is 0 Å². The van der Waals surface area contributed by atoms with E-state index in [-0.39, 0.29) is 0 Å². The van der Waals surface area contributed by atoms with Gasteiger partial charge in [-0.15, -0.1) is 0 Å². The molecule has 0 spiro atoms. The number of hydrogen-bond acceptors (Lipinski definition) is 3. The van der Waals surface area contributed by atoms with Gasteiger partial charge >= 0.3 is 0 Å². The van der Waals surface area contributed by atoms with Gasteiger partial charge in [0.05, 0.1) is 0 Å². The Kier molecular flexibility index (Phi) is 4.69. The summed E-state index contributed by atoms with van der Waals surface area (Å²) in [6.07, 6.45) is 7.40. The Hall–Kier alpha value is -0.220. The molecule has 1 atom stereocenters. The van der Waals surface area contributed by atoms with Crippen LogP contribution in [-0.2, 0) is 4.79 Å². The van der Waals surface area contributed by atoms with Gasteiger partial charge in [-0.25, -0.2) is 0 Å². The van der Waals surface area contributed by atoms with Gasteiger partial charge in [-0.05, 0) is 56.9 Å². The zero-order valence-electron chi connectivity index (χ0n) is 11.8. The third kappa shape index (κ3) is 3.46. The van der Waals surface area contributed by atoms with Gasteiger partial charge < -0.3 is 5.32 Å². The molecule has 0 bridgehead atoms. The van der Waals surface area contributed by atoms with Crippen molar-refractivity contribution < 1.29 is 4.79 Å². The molecule has 108 valence electrons. The molecule has 1 aliphatic carbocycles. The molecule has 0 unspecified atom stereocenters. The number of likely N-dealkylation sites (tertiary alicyclic amines) is 1. The summed E-state index contributed by atoms with van der Waals surface area (Å²) < 4.78 is 0. The summed E-state index contributed by atoms with van der Waals surface area (Å²) in [6.45, 7) is 3.41. The Balaban J connectivity index is 1.34. The summed E-state index contributed by atoms with van der Waals surface area (Å²) in [4.78, 5) is 14.5. The third-order valence-electron chi connectivity index (χ3n) is 5.11. The minimum atomic E-state index is 0.320. The third-order valence-corrected chi connectivity index (χ3v) is 6.26. The van der Waals surface area contributed by atoms with Crippen LogP contribution >= 0.6 is 11.8 Å². The van der Waals surface area contributed by atoms with Crippen molar-refractivity contribution in [1.82, 2.24) is 10.2 Å². The quantitative estimate of drug-likeness (QED) is 0.857. The largest absolute Gasteiger partial charge is 0.356 e. The Morgan fingerprint density at radius 2 is 1.95 bits per heavy atom. The first kappa shape index (κ1) is 13.7. The van der Waals surface area contributed by atoms with E-state index in [1.54, 1.807) is 0 Å². The molecule has 2 aliphatic heterocycles. The van der Waals surface area contributed by atoms with Crippen molar-refractivity contribution in [3.8, 4) is 0 Å². The van der Waals surface area contributed by atoms with Gasteiger partial charge in [-0.3, -0.25) is 9.69 Å². The van der Waals surface area contributed by atoms with E-state index in [4.69, 9.17) is 0 Å². The fourth-order valence-corrected chi connectivity index (χ4v) is 4.65. The summed E-state index contributed by atoms with van der Waals surface area (Å²) in [5, 5.41) is 3.18. The van der Waals surface area contributed by atoms with E-state index in [2.05, 4.69) is 22.0 Å². The number of amides is 1. The molecule has 2 saturated heterocycles. The van der Waals surface area contributed by atoms with Crippen LogP contribution in [0.3, 0.4) is 0 Å². The Bertz CT molecular complexity index is 305. The SMILES string of the molecule is O=C(NCC1CCN([C@H]2CCSC2)CC1)C1CCC1. The number of piperidine rings is 1. The van der Waals surface area contributed by atoms with E-state index < -0.39 is 0 Å². The summed E-state index contributed by atoms with van der Waals surface area (Å²) >= 11 is 2.10. The zero-order valence-corrected chi connectivity index (χ0v) is 12.6. The summed E-state index contributed by atoms with van der Waals surface area (Å²) in [6, 6.07) is 0.843. The number of thioether (sulfide) groups is 1. The number of nitrogens with zero attached hydrogens (tertiary/aromatic N) is 1. The maximum Gasteiger partial charge on any atom is 0.223 e. The zero-order chi connectivity index (χ0) is 13.1. The average Bonchev–Trinajstić information content (AvgIpc) is 2.89. The number of rotatable bonds is 4. The maximum absolute atomic E-state index is 11.8. The second kappa shape index (κ2) is 6.49. The number of carbonyl (C=O) groups excluding carboxylic acids is 1. The van der Waals surface area contributed by atoms with Gasteiger partial charge in [0.1, 0.15) is 0 Å². The van der Waals surface area contributed by atoms with Gasteiger partial charge in [-0.1, -0.05) is 6.42 Å². The molecule has 0 radical (unpaired) electrons. The molecule has 1 amide bonds. The molecule has 19 heavy (non-hydrogen) atoms. The molecule has 0 aromatic heterocycles. The van der Waals surface area contributed by atoms with E-state index >= 15 is 0 Å². The van der Waals surface area contributed by atoms with E-state index in [0.717, 1.165) is 25.4 Å². The fraction of sp³-hybridized carbons (Fsp3) is 0.933. The van der Waals surface area contributed by atoms with E-state index in [0.29, 0.717) is 17.7 Å². The van der Waals surface area contributed by atoms with Crippen LogP contribution < -0.4 is 5.32 Å². The van der Waals surface area contributed by atoms with Gasteiger partial charge in [0, 0.05) is 24.3 Å². The van der Waals surface area contributed by atoms with Crippen molar-refractivity contribution in [2.75, 3.05) is 31.1 Å². The normalized spacial score (nSPS) is 30.2. The fourth-order valence-electron chi connectivity index (χ4n) is 3.39. The van der Waals surface area contributed by atoms with Crippen molar-refractivity contribution in [2.45, 2.75) is 44.6 Å². The minimum Gasteiger partial charge on any atom is -0.356 e. The molecule has 4 heteroatoms. The predicted octanol–water partition coefficient (Wildman–Crippen LogP) is 2.12. The maximum atomic E-state index is 11.8. The van der Waals surface area contributed by atoms with Crippen molar-refractivity contribution in [3.05, 3.63) is 0 Å². The molecule has 2 heterocycles. The Morgan fingerprint density at radius 3 is 2.53 bits per heavy atom. The summed E-state index contributed by atoms with van der Waals surface area (Å²) in [7, 11) is 0. The Labute approximate surface area is 120 Å². The highest BCUT2D eigenvalue weighted by molar-refractivity contribution is 7.99. The Morgan fingerprint density at radius 1 is 1.16 bits per heavy atom. The van der Waals surface area contributed by atoms with E-state index in [9.17, 15) is 4.79 Å². The molecule has 0 aromatic carbocycles. The van der Waals surface area contributed by atoms with Crippen molar-refractivity contribution in [1.29, 1.82) is 0 Å². The van der Waals surface area contributed by atoms with Crippen molar-refractivity contribution in [3.63, 3.8) is 0 Å². The standard InChI is InChI=1S/C15H26N2OS/c18-15(13-2-1-3-13)16-10-12-4-7-17(8-5-12)14-6-9-19-11-14/h12-14H,1-11H2,(H,16,18)/t14-/m0/s1. The van der Waals surface area contributed by atoms with Crippen LogP contribution in [0.4, 0.5) is 0 Å². The molecule has 3 aliphatic rings. The van der Waals surface area contributed by atoms with Crippen LogP contribution in [0.1, 0.15) is 38.5 Å². The van der Waals surface area contributed by atoms with Gasteiger partial charge in [0.2, 0.25) is 5.91 Å². The smallest absolute Gasteiger partial charge is 0.223 e. The monoisotopic (exact) mass is 282 g/mol. The first-order chi connectivity index (χ1) is 9.33. The highest BCUT2D eigenvalue weighted by Gasteiger charge is 2.29. The molecule has 3 fully saturated rings. The minimum absolute atomic E-state index is 0.320. The highest BCUT2D eigenvalue weighted by atomic mass is 32.2. The molecular weight excluding hydrogens is 256 g/mol. The lowest BCUT2D eigenvalue weighted by Gasteiger charge is -2.36. The predicted molar refractivity (Wildman–Crippen MR) is 80.4 cm³/mol. The van der Waals surface area contributed by atoms with Gasteiger partial charge in [0.25, 0.3) is 0 Å². The second-order valence-corrected chi connectivity index (χ2v) is 7.52. The van der Waals surface area contributed by atoms with Gasteiger partial charge in [0.15, 0.2) is 0 Å². The van der Waals surface area contributed by atoms with Crippen LogP contribution in [0.5, 0.6) is 0 Å². The first-order valence-electron chi connectivity index (χ1n) is 7.92. The molecular formula is C15H26N2OS. The molecule has 3 rings (SSSR count). The number of hydrogen-bond donors (Lipinski definition) is 1. The van der Waals surface area contributed by atoms with Gasteiger partial charge in [-0.2, -0.15) is 11.8 Å². The van der Waals surface area contributed by atoms with E-state index in [1.807, 2.05) is 0 Å². The molecule has 3 nitrogen and oxygen atoms in total. The van der Waals surface area contributed by atoms with Crippen LogP contribution in [-0.4, -0.2) is 48.0 Å². The van der Waals surface area contributed by atoms with Crippen molar-refractivity contribution in [2.24, 2.45) is 11.8 Å². The van der Waals surface area contributed by atoms with E-state index in [1.165, 1.54) is 50.3 Å². The summed E-state index contributed by atoms with van der Waals surface area (Å²) in [5.41, 5.74) is 0. The molecule has 1 saturated carbocycles. The molecule has 0 aromatic rings.